The first-order valence-corrected chi connectivity index (χ1v) is 13.2. The number of carbonyl (C=O) groups is 1. The van der Waals surface area contributed by atoms with E-state index in [1.54, 1.807) is 11.3 Å². The molecule has 1 aromatic carbocycles. The first-order valence-electron chi connectivity index (χ1n) is 11.4. The van der Waals surface area contributed by atoms with Crippen LogP contribution in [0.15, 0.2) is 35.5 Å². The van der Waals surface area contributed by atoms with Crippen LogP contribution in [0.5, 0.6) is 5.75 Å². The van der Waals surface area contributed by atoms with Crippen LogP contribution < -0.4 is 9.64 Å². The maximum absolute atomic E-state index is 11.6. The number of thioether (sulfide) groups is 1. The van der Waals surface area contributed by atoms with E-state index < -0.39 is 6.23 Å². The summed E-state index contributed by atoms with van der Waals surface area (Å²) in [4.78, 5) is 27.6. The lowest BCUT2D eigenvalue weighted by Crippen LogP contribution is -2.48. The lowest BCUT2D eigenvalue weighted by atomic mass is 10.1. The topological polar surface area (TPSA) is 88.0 Å². The van der Waals surface area contributed by atoms with Crippen LogP contribution in [0.25, 0.3) is 10.2 Å². The highest BCUT2D eigenvalue weighted by Crippen LogP contribution is 2.34. The molecule has 0 bridgehead atoms. The summed E-state index contributed by atoms with van der Waals surface area (Å²) >= 11 is 2.96. The Balaban J connectivity index is 1.51. The van der Waals surface area contributed by atoms with Crippen molar-refractivity contribution in [2.24, 2.45) is 0 Å². The third kappa shape index (κ3) is 5.63. The number of hydrogen-bond donors (Lipinski definition) is 1. The SMILES string of the molecule is CCOc1cccc(C(O)N2CCN(c3nc(SCC(=O)OC)nc4sc(CC)cc34)CC2)c1. The summed E-state index contributed by atoms with van der Waals surface area (Å²) in [6.07, 6.45) is 0.248. The predicted molar refractivity (Wildman–Crippen MR) is 136 cm³/mol. The van der Waals surface area contributed by atoms with Gasteiger partial charge in [-0.2, -0.15) is 0 Å². The molecule has 1 atom stereocenters. The van der Waals surface area contributed by atoms with Gasteiger partial charge in [0, 0.05) is 31.1 Å². The molecule has 4 rings (SSSR count). The van der Waals surface area contributed by atoms with E-state index in [9.17, 15) is 9.90 Å². The highest BCUT2D eigenvalue weighted by atomic mass is 32.2. The molecular weight excluding hydrogens is 472 g/mol. The largest absolute Gasteiger partial charge is 0.494 e. The zero-order chi connectivity index (χ0) is 24.1. The number of esters is 1. The van der Waals surface area contributed by atoms with Gasteiger partial charge in [-0.15, -0.1) is 11.3 Å². The number of methoxy groups -OCH3 is 1. The molecule has 2 aromatic heterocycles. The smallest absolute Gasteiger partial charge is 0.316 e. The lowest BCUT2D eigenvalue weighted by Gasteiger charge is -2.38. The number of benzene rings is 1. The Labute approximate surface area is 207 Å². The van der Waals surface area contributed by atoms with Gasteiger partial charge >= 0.3 is 5.97 Å². The number of aliphatic hydroxyl groups is 1. The highest BCUT2D eigenvalue weighted by Gasteiger charge is 2.26. The van der Waals surface area contributed by atoms with Crippen molar-refractivity contribution in [3.05, 3.63) is 40.8 Å². The second-order valence-corrected chi connectivity index (χ2v) is 9.94. The van der Waals surface area contributed by atoms with Crippen LogP contribution in [0.4, 0.5) is 5.82 Å². The molecule has 182 valence electrons. The number of rotatable bonds is 9. The minimum atomic E-state index is -0.688. The molecule has 1 fully saturated rings. The molecule has 34 heavy (non-hydrogen) atoms. The van der Waals surface area contributed by atoms with Crippen LogP contribution >= 0.6 is 23.1 Å². The minimum absolute atomic E-state index is 0.175. The molecule has 1 aliphatic heterocycles. The van der Waals surface area contributed by atoms with E-state index in [0.717, 1.165) is 46.9 Å². The van der Waals surface area contributed by atoms with E-state index in [2.05, 4.69) is 27.8 Å². The molecule has 0 amide bonds. The Morgan fingerprint density at radius 3 is 2.71 bits per heavy atom. The Bertz CT molecular complexity index is 1130. The molecule has 10 heteroatoms. The fourth-order valence-electron chi connectivity index (χ4n) is 3.92. The molecule has 1 unspecified atom stereocenters. The molecule has 1 N–H and O–H groups in total. The van der Waals surface area contributed by atoms with Crippen molar-refractivity contribution in [3.63, 3.8) is 0 Å². The number of carbonyl (C=O) groups excluding carboxylic acids is 1. The third-order valence-corrected chi connectivity index (χ3v) is 7.72. The van der Waals surface area contributed by atoms with Crippen molar-refractivity contribution < 1.29 is 19.4 Å². The number of ether oxygens (including phenoxy) is 2. The van der Waals surface area contributed by atoms with Crippen molar-refractivity contribution in [1.29, 1.82) is 0 Å². The molecule has 0 spiro atoms. The van der Waals surface area contributed by atoms with E-state index >= 15 is 0 Å². The van der Waals surface area contributed by atoms with Gasteiger partial charge in [0.15, 0.2) is 5.16 Å². The van der Waals surface area contributed by atoms with Crippen molar-refractivity contribution in [2.45, 2.75) is 31.7 Å². The van der Waals surface area contributed by atoms with Crippen LogP contribution in [0, 0.1) is 0 Å². The van der Waals surface area contributed by atoms with Gasteiger partial charge < -0.3 is 19.5 Å². The maximum atomic E-state index is 11.6. The standard InChI is InChI=1S/C24H30N4O4S2/c1-4-18-14-19-21(25-24(26-22(19)34-18)33-15-20(29)31-3)27-9-11-28(12-10-27)23(30)16-7-6-8-17(13-16)32-5-2/h6-8,13-14,23,30H,4-5,9-12,15H2,1-3H3. The number of fused-ring (bicyclic) bond motifs is 1. The van der Waals surface area contributed by atoms with Crippen LogP contribution in [0.1, 0.15) is 30.5 Å². The van der Waals surface area contributed by atoms with Gasteiger partial charge in [-0.05, 0) is 37.1 Å². The number of piperazine rings is 1. The van der Waals surface area contributed by atoms with Crippen LogP contribution in [0.2, 0.25) is 0 Å². The maximum Gasteiger partial charge on any atom is 0.316 e. The summed E-state index contributed by atoms with van der Waals surface area (Å²) < 4.78 is 10.3. The lowest BCUT2D eigenvalue weighted by molar-refractivity contribution is -0.137. The molecule has 0 radical (unpaired) electrons. The summed E-state index contributed by atoms with van der Waals surface area (Å²) in [5.74, 6) is 1.53. The average molecular weight is 503 g/mol. The zero-order valence-corrected chi connectivity index (χ0v) is 21.3. The number of nitrogens with zero attached hydrogens (tertiary/aromatic N) is 4. The minimum Gasteiger partial charge on any atom is -0.494 e. The summed E-state index contributed by atoms with van der Waals surface area (Å²) in [6, 6.07) is 9.81. The van der Waals surface area contributed by atoms with Crippen LogP contribution in [0.3, 0.4) is 0 Å². The first-order chi connectivity index (χ1) is 16.5. The fourth-order valence-corrected chi connectivity index (χ4v) is 5.61. The molecule has 3 aromatic rings. The number of aliphatic hydroxyl groups excluding tert-OH is 1. The summed E-state index contributed by atoms with van der Waals surface area (Å²) in [5.41, 5.74) is 0.829. The molecule has 0 aliphatic carbocycles. The van der Waals surface area contributed by atoms with Gasteiger partial charge in [0.05, 0.1) is 24.9 Å². The van der Waals surface area contributed by atoms with Crippen molar-refractivity contribution in [1.82, 2.24) is 14.9 Å². The normalized spacial score (nSPS) is 15.5. The number of hydrogen-bond acceptors (Lipinski definition) is 10. The summed E-state index contributed by atoms with van der Waals surface area (Å²) in [7, 11) is 1.38. The molecule has 0 saturated carbocycles. The third-order valence-electron chi connectivity index (χ3n) is 5.73. The average Bonchev–Trinajstić information content (AvgIpc) is 3.30. The van der Waals surface area contributed by atoms with E-state index in [1.165, 1.54) is 23.7 Å². The van der Waals surface area contributed by atoms with Gasteiger partial charge in [0.2, 0.25) is 0 Å². The van der Waals surface area contributed by atoms with E-state index in [0.29, 0.717) is 24.9 Å². The summed E-state index contributed by atoms with van der Waals surface area (Å²) in [5, 5.41) is 12.6. The van der Waals surface area contributed by atoms with Crippen molar-refractivity contribution >= 4 is 45.1 Å². The molecule has 1 aliphatic rings. The second kappa shape index (κ2) is 11.4. The number of thiophene rings is 1. The Morgan fingerprint density at radius 2 is 2.00 bits per heavy atom. The van der Waals surface area contributed by atoms with Crippen LogP contribution in [-0.4, -0.2) is 71.6 Å². The Morgan fingerprint density at radius 1 is 1.21 bits per heavy atom. The molecular formula is C24H30N4O4S2. The summed E-state index contributed by atoms with van der Waals surface area (Å²) in [6.45, 7) is 7.52. The zero-order valence-electron chi connectivity index (χ0n) is 19.7. The quantitative estimate of drug-likeness (QED) is 0.267. The fraction of sp³-hybridized carbons (Fsp3) is 0.458. The van der Waals surface area contributed by atoms with Crippen molar-refractivity contribution in [3.8, 4) is 5.75 Å². The van der Waals surface area contributed by atoms with E-state index in [1.807, 2.05) is 31.2 Å². The second-order valence-electron chi connectivity index (χ2n) is 7.88. The van der Waals surface area contributed by atoms with Gasteiger partial charge in [-0.1, -0.05) is 30.8 Å². The monoisotopic (exact) mass is 502 g/mol. The van der Waals surface area contributed by atoms with Crippen LogP contribution in [-0.2, 0) is 16.0 Å². The number of aromatic nitrogens is 2. The van der Waals surface area contributed by atoms with Gasteiger partial charge in [-0.25, -0.2) is 9.97 Å². The Hall–Kier alpha value is -2.40. The van der Waals surface area contributed by atoms with Crippen molar-refractivity contribution in [2.75, 3.05) is 50.5 Å². The van der Waals surface area contributed by atoms with Gasteiger partial charge in [-0.3, -0.25) is 9.69 Å². The highest BCUT2D eigenvalue weighted by molar-refractivity contribution is 7.99. The number of anilines is 1. The molecule has 8 nitrogen and oxygen atoms in total. The molecule has 1 saturated heterocycles. The van der Waals surface area contributed by atoms with Gasteiger partial charge in [0.1, 0.15) is 22.6 Å². The van der Waals surface area contributed by atoms with Gasteiger partial charge in [0.25, 0.3) is 0 Å². The van der Waals surface area contributed by atoms with E-state index in [-0.39, 0.29) is 11.7 Å². The predicted octanol–water partition coefficient (Wildman–Crippen LogP) is 3.73. The molecule has 3 heterocycles. The van der Waals surface area contributed by atoms with E-state index in [4.69, 9.17) is 14.5 Å². The number of aryl methyl sites for hydroxylation is 1. The Kier molecular flexibility index (Phi) is 8.25. The first kappa shape index (κ1) is 24.7.